The van der Waals surface area contributed by atoms with Gasteiger partial charge in [0.1, 0.15) is 5.75 Å². The first kappa shape index (κ1) is 15.5. The van der Waals surface area contributed by atoms with Crippen LogP contribution in [0.1, 0.15) is 17.5 Å². The fraction of sp³-hybridized carbons (Fsp3) is 0.333. The number of hydrogen-bond donors (Lipinski definition) is 2. The van der Waals surface area contributed by atoms with Gasteiger partial charge in [-0.2, -0.15) is 0 Å². The molecule has 2 aromatic carbocycles. The Morgan fingerprint density at radius 3 is 2.14 bits per heavy atom. The molecule has 0 aliphatic rings. The normalized spacial score (nSPS) is 14.1. The first-order chi connectivity index (χ1) is 10.1. The third kappa shape index (κ3) is 3.26. The van der Waals surface area contributed by atoms with Crippen LogP contribution >= 0.6 is 0 Å². The second kappa shape index (κ2) is 6.74. The molecule has 3 nitrogen and oxygen atoms in total. The summed E-state index contributed by atoms with van der Waals surface area (Å²) in [6.45, 7) is 0.784. The number of aliphatic hydroxyl groups is 1. The zero-order valence-electron chi connectivity index (χ0n) is 12.7. The minimum absolute atomic E-state index is 0.0393. The van der Waals surface area contributed by atoms with Crippen LogP contribution in [0, 0.1) is 0 Å². The Balaban J connectivity index is 2.54. The average Bonchev–Trinajstić information content (AvgIpc) is 2.51. The van der Waals surface area contributed by atoms with Gasteiger partial charge in [0, 0.05) is 11.0 Å². The predicted molar refractivity (Wildman–Crippen MR) is 85.6 cm³/mol. The molecule has 0 amide bonds. The van der Waals surface area contributed by atoms with Gasteiger partial charge in [0.25, 0.3) is 0 Å². The van der Waals surface area contributed by atoms with Crippen LogP contribution in [0.5, 0.6) is 5.75 Å². The van der Waals surface area contributed by atoms with Crippen LogP contribution < -0.4 is 0 Å². The minimum Gasteiger partial charge on any atom is -0.508 e. The Kier molecular flexibility index (Phi) is 4.99. The molecule has 0 heterocycles. The van der Waals surface area contributed by atoms with Crippen LogP contribution in [-0.4, -0.2) is 42.4 Å². The highest BCUT2D eigenvalue weighted by Crippen LogP contribution is 2.39. The molecule has 2 N–H and O–H groups in total. The van der Waals surface area contributed by atoms with Crippen LogP contribution in [0.15, 0.2) is 54.6 Å². The van der Waals surface area contributed by atoms with E-state index >= 15 is 0 Å². The molecule has 0 aliphatic heterocycles. The van der Waals surface area contributed by atoms with E-state index < -0.39 is 5.41 Å². The number of benzene rings is 2. The van der Waals surface area contributed by atoms with Crippen LogP contribution in [0.25, 0.3) is 0 Å². The molecule has 0 saturated carbocycles. The average molecular weight is 285 g/mol. The lowest BCUT2D eigenvalue weighted by Gasteiger charge is -2.34. The molecule has 1 atom stereocenters. The Bertz CT molecular complexity index is 568. The predicted octanol–water partition coefficient (Wildman–Crippen LogP) is 2.62. The first-order valence-corrected chi connectivity index (χ1v) is 7.20. The first-order valence-electron chi connectivity index (χ1n) is 7.20. The van der Waals surface area contributed by atoms with Gasteiger partial charge in [-0.1, -0.05) is 48.5 Å². The van der Waals surface area contributed by atoms with E-state index in [1.807, 2.05) is 56.6 Å². The van der Waals surface area contributed by atoms with Crippen LogP contribution in [0.3, 0.4) is 0 Å². The molecule has 0 spiro atoms. The van der Waals surface area contributed by atoms with E-state index in [0.29, 0.717) is 0 Å². The molecule has 1 unspecified atom stereocenters. The van der Waals surface area contributed by atoms with Crippen molar-refractivity contribution in [2.75, 3.05) is 27.2 Å². The summed E-state index contributed by atoms with van der Waals surface area (Å²) in [6.07, 6.45) is 0.734. The van der Waals surface area contributed by atoms with Crippen molar-refractivity contribution >= 4 is 0 Å². The quantitative estimate of drug-likeness (QED) is 0.857. The molecule has 0 radical (unpaired) electrons. The molecular formula is C18H23NO2. The highest BCUT2D eigenvalue weighted by molar-refractivity contribution is 5.46. The topological polar surface area (TPSA) is 43.7 Å². The molecule has 0 bridgehead atoms. The molecular weight excluding hydrogens is 262 g/mol. The highest BCUT2D eigenvalue weighted by Gasteiger charge is 2.35. The lowest BCUT2D eigenvalue weighted by Crippen LogP contribution is -2.35. The number of phenols is 1. The van der Waals surface area contributed by atoms with Crippen molar-refractivity contribution in [3.63, 3.8) is 0 Å². The molecule has 0 saturated heterocycles. The van der Waals surface area contributed by atoms with Gasteiger partial charge < -0.3 is 15.1 Å². The Morgan fingerprint density at radius 2 is 1.57 bits per heavy atom. The van der Waals surface area contributed by atoms with Crippen molar-refractivity contribution in [1.29, 1.82) is 0 Å². The zero-order chi connectivity index (χ0) is 15.3. The second-order valence-electron chi connectivity index (χ2n) is 5.68. The third-order valence-corrected chi connectivity index (χ3v) is 4.00. The van der Waals surface area contributed by atoms with Crippen LogP contribution in [0.4, 0.5) is 0 Å². The maximum atomic E-state index is 10.3. The van der Waals surface area contributed by atoms with E-state index in [9.17, 15) is 10.2 Å². The molecule has 3 heteroatoms. The largest absolute Gasteiger partial charge is 0.508 e. The lowest BCUT2D eigenvalue weighted by molar-refractivity contribution is 0.196. The number of aliphatic hydroxyl groups excluding tert-OH is 1. The number of rotatable bonds is 6. The zero-order valence-corrected chi connectivity index (χ0v) is 12.7. The summed E-state index contributed by atoms with van der Waals surface area (Å²) >= 11 is 0. The van der Waals surface area contributed by atoms with Gasteiger partial charge in [0.15, 0.2) is 0 Å². The van der Waals surface area contributed by atoms with E-state index in [4.69, 9.17) is 0 Å². The minimum atomic E-state index is -0.586. The summed E-state index contributed by atoms with van der Waals surface area (Å²) in [7, 11) is 4.02. The van der Waals surface area contributed by atoms with Gasteiger partial charge in [0.05, 0.1) is 6.61 Å². The van der Waals surface area contributed by atoms with Gasteiger partial charge in [-0.05, 0) is 38.7 Å². The smallest absolute Gasteiger partial charge is 0.119 e. The molecule has 2 aromatic rings. The van der Waals surface area contributed by atoms with Crippen molar-refractivity contribution in [1.82, 2.24) is 4.90 Å². The summed E-state index contributed by atoms with van der Waals surface area (Å²) in [5, 5.41) is 20.5. The van der Waals surface area contributed by atoms with Gasteiger partial charge in [0.2, 0.25) is 0 Å². The van der Waals surface area contributed by atoms with Crippen molar-refractivity contribution in [2.45, 2.75) is 11.8 Å². The molecule has 0 aromatic heterocycles. The van der Waals surface area contributed by atoms with E-state index in [0.717, 1.165) is 24.1 Å². The van der Waals surface area contributed by atoms with E-state index in [1.165, 1.54) is 0 Å². The molecule has 2 rings (SSSR count). The van der Waals surface area contributed by atoms with E-state index in [-0.39, 0.29) is 12.4 Å². The van der Waals surface area contributed by atoms with Gasteiger partial charge >= 0.3 is 0 Å². The van der Waals surface area contributed by atoms with E-state index in [2.05, 4.69) is 4.90 Å². The molecule has 0 aliphatic carbocycles. The SMILES string of the molecule is CN(C)CCC(CO)(c1ccccc1)c1ccccc1O. The fourth-order valence-corrected chi connectivity index (χ4v) is 2.74. The van der Waals surface area contributed by atoms with Gasteiger partial charge in [-0.3, -0.25) is 0 Å². The fourth-order valence-electron chi connectivity index (χ4n) is 2.74. The van der Waals surface area contributed by atoms with Crippen LogP contribution in [0.2, 0.25) is 0 Å². The third-order valence-electron chi connectivity index (χ3n) is 4.00. The van der Waals surface area contributed by atoms with Crippen molar-refractivity contribution in [2.24, 2.45) is 0 Å². The van der Waals surface area contributed by atoms with Gasteiger partial charge in [-0.15, -0.1) is 0 Å². The summed E-state index contributed by atoms with van der Waals surface area (Å²) in [6, 6.07) is 17.2. The maximum absolute atomic E-state index is 10.3. The van der Waals surface area contributed by atoms with Gasteiger partial charge in [-0.25, -0.2) is 0 Å². The van der Waals surface area contributed by atoms with Crippen molar-refractivity contribution < 1.29 is 10.2 Å². The Labute approximate surface area is 126 Å². The number of phenolic OH excluding ortho intramolecular Hbond substituents is 1. The standard InChI is InChI=1S/C18H23NO2/c1-19(2)13-12-18(14-20,15-8-4-3-5-9-15)16-10-6-7-11-17(16)21/h3-11,20-21H,12-14H2,1-2H3. The molecule has 112 valence electrons. The highest BCUT2D eigenvalue weighted by atomic mass is 16.3. The number of nitrogens with zero attached hydrogens (tertiary/aromatic N) is 1. The number of aromatic hydroxyl groups is 1. The summed E-state index contributed by atoms with van der Waals surface area (Å²) in [5.74, 6) is 0.231. The van der Waals surface area contributed by atoms with Crippen molar-refractivity contribution in [3.8, 4) is 5.75 Å². The van der Waals surface area contributed by atoms with Crippen molar-refractivity contribution in [3.05, 3.63) is 65.7 Å². The monoisotopic (exact) mass is 285 g/mol. The van der Waals surface area contributed by atoms with Crippen LogP contribution in [-0.2, 0) is 5.41 Å². The second-order valence-corrected chi connectivity index (χ2v) is 5.68. The van der Waals surface area contributed by atoms with E-state index in [1.54, 1.807) is 12.1 Å². The number of para-hydroxylation sites is 1. The maximum Gasteiger partial charge on any atom is 0.119 e. The summed E-state index contributed by atoms with van der Waals surface area (Å²) in [5.41, 5.74) is 1.22. The number of hydrogen-bond acceptors (Lipinski definition) is 3. The molecule has 0 fully saturated rings. The lowest BCUT2D eigenvalue weighted by atomic mass is 9.72. The Hall–Kier alpha value is -1.84. The molecule has 21 heavy (non-hydrogen) atoms. The Morgan fingerprint density at radius 1 is 0.952 bits per heavy atom. The summed E-state index contributed by atoms with van der Waals surface area (Å²) < 4.78 is 0. The summed E-state index contributed by atoms with van der Waals surface area (Å²) in [4.78, 5) is 2.09.